The van der Waals surface area contributed by atoms with Gasteiger partial charge < -0.3 is 0 Å². The quantitative estimate of drug-likeness (QED) is 0.695. The zero-order chi connectivity index (χ0) is 13.1. The van der Waals surface area contributed by atoms with Crippen LogP contribution in [0.15, 0.2) is 61.1 Å². The number of benzene rings is 1. The van der Waals surface area contributed by atoms with E-state index in [2.05, 4.69) is 34.0 Å². The number of nitrogens with zero attached hydrogens (tertiary/aromatic N) is 3. The van der Waals surface area contributed by atoms with Gasteiger partial charge in [-0.3, -0.25) is 4.98 Å². The maximum absolute atomic E-state index is 4.44. The van der Waals surface area contributed by atoms with Gasteiger partial charge in [0.1, 0.15) is 0 Å². The first-order chi connectivity index (χ1) is 9.34. The second-order valence-electron chi connectivity index (χ2n) is 4.32. The van der Waals surface area contributed by atoms with Crippen LogP contribution in [-0.2, 0) is 0 Å². The standard InChI is InChI=1S/C16H13N3/c1-12-5-2-3-6-14(12)15-11-13(7-10-17-15)16-18-8-4-9-19-16/h2-11H,1H3. The van der Waals surface area contributed by atoms with Gasteiger partial charge in [0.05, 0.1) is 5.69 Å². The smallest absolute Gasteiger partial charge is 0.159 e. The Balaban J connectivity index is 2.09. The lowest BCUT2D eigenvalue weighted by atomic mass is 10.0. The first-order valence-electron chi connectivity index (χ1n) is 6.14. The van der Waals surface area contributed by atoms with Crippen LogP contribution in [0.5, 0.6) is 0 Å². The monoisotopic (exact) mass is 247 g/mol. The zero-order valence-electron chi connectivity index (χ0n) is 10.6. The highest BCUT2D eigenvalue weighted by molar-refractivity contribution is 5.68. The summed E-state index contributed by atoms with van der Waals surface area (Å²) in [4.78, 5) is 13.0. The van der Waals surface area contributed by atoms with Gasteiger partial charge in [0, 0.05) is 29.7 Å². The van der Waals surface area contributed by atoms with Crippen molar-refractivity contribution in [3.8, 4) is 22.6 Å². The molecule has 0 aliphatic rings. The Morgan fingerprint density at radius 3 is 2.37 bits per heavy atom. The molecule has 19 heavy (non-hydrogen) atoms. The van der Waals surface area contributed by atoms with Crippen molar-refractivity contribution in [3.63, 3.8) is 0 Å². The van der Waals surface area contributed by atoms with Gasteiger partial charge in [-0.2, -0.15) is 0 Å². The largest absolute Gasteiger partial charge is 0.256 e. The van der Waals surface area contributed by atoms with Crippen LogP contribution in [0.4, 0.5) is 0 Å². The van der Waals surface area contributed by atoms with Gasteiger partial charge in [-0.05, 0) is 30.7 Å². The second-order valence-corrected chi connectivity index (χ2v) is 4.32. The predicted octanol–water partition coefficient (Wildman–Crippen LogP) is 3.51. The zero-order valence-corrected chi connectivity index (χ0v) is 10.6. The van der Waals surface area contributed by atoms with Gasteiger partial charge in [0.2, 0.25) is 0 Å². The van der Waals surface area contributed by atoms with Crippen LogP contribution in [0.2, 0.25) is 0 Å². The number of hydrogen-bond donors (Lipinski definition) is 0. The van der Waals surface area contributed by atoms with E-state index in [1.807, 2.05) is 30.3 Å². The van der Waals surface area contributed by atoms with Gasteiger partial charge in [-0.1, -0.05) is 24.3 Å². The summed E-state index contributed by atoms with van der Waals surface area (Å²) in [7, 11) is 0. The summed E-state index contributed by atoms with van der Waals surface area (Å²) in [5, 5.41) is 0. The van der Waals surface area contributed by atoms with Gasteiger partial charge in [-0.25, -0.2) is 9.97 Å². The normalized spacial score (nSPS) is 10.4. The summed E-state index contributed by atoms with van der Waals surface area (Å²) in [6, 6.07) is 14.0. The molecule has 0 fully saturated rings. The summed E-state index contributed by atoms with van der Waals surface area (Å²) < 4.78 is 0. The average molecular weight is 247 g/mol. The van der Waals surface area contributed by atoms with Crippen molar-refractivity contribution in [2.45, 2.75) is 6.92 Å². The van der Waals surface area contributed by atoms with Crippen LogP contribution in [0, 0.1) is 6.92 Å². The molecule has 92 valence electrons. The summed E-state index contributed by atoms with van der Waals surface area (Å²) in [6.45, 7) is 2.09. The third-order valence-electron chi connectivity index (χ3n) is 3.00. The molecule has 3 aromatic rings. The Hall–Kier alpha value is -2.55. The van der Waals surface area contributed by atoms with Crippen LogP contribution < -0.4 is 0 Å². The van der Waals surface area contributed by atoms with Gasteiger partial charge >= 0.3 is 0 Å². The van der Waals surface area contributed by atoms with Gasteiger partial charge in [0.15, 0.2) is 5.82 Å². The van der Waals surface area contributed by atoms with E-state index in [0.29, 0.717) is 0 Å². The second kappa shape index (κ2) is 4.98. The predicted molar refractivity (Wildman–Crippen MR) is 75.4 cm³/mol. The molecule has 0 N–H and O–H groups in total. The van der Waals surface area contributed by atoms with E-state index < -0.39 is 0 Å². The third-order valence-corrected chi connectivity index (χ3v) is 3.00. The minimum absolute atomic E-state index is 0.722. The summed E-state index contributed by atoms with van der Waals surface area (Å²) in [6.07, 6.45) is 5.29. The van der Waals surface area contributed by atoms with Crippen molar-refractivity contribution in [1.29, 1.82) is 0 Å². The fraction of sp³-hybridized carbons (Fsp3) is 0.0625. The molecule has 3 rings (SSSR count). The van der Waals surface area contributed by atoms with E-state index in [4.69, 9.17) is 0 Å². The van der Waals surface area contributed by atoms with E-state index in [0.717, 1.165) is 22.6 Å². The fourth-order valence-electron chi connectivity index (χ4n) is 2.03. The van der Waals surface area contributed by atoms with Crippen LogP contribution >= 0.6 is 0 Å². The molecule has 3 heteroatoms. The molecule has 2 aromatic heterocycles. The highest BCUT2D eigenvalue weighted by Gasteiger charge is 2.05. The molecule has 0 aliphatic heterocycles. The summed E-state index contributed by atoms with van der Waals surface area (Å²) in [5.74, 6) is 0.722. The average Bonchev–Trinajstić information content (AvgIpc) is 2.49. The Bertz CT molecular complexity index is 693. The van der Waals surface area contributed by atoms with Crippen LogP contribution in [0.3, 0.4) is 0 Å². The van der Waals surface area contributed by atoms with Crippen molar-refractivity contribution < 1.29 is 0 Å². The number of rotatable bonds is 2. The maximum atomic E-state index is 4.44. The molecule has 0 spiro atoms. The fourth-order valence-corrected chi connectivity index (χ4v) is 2.03. The number of hydrogen-bond acceptors (Lipinski definition) is 3. The van der Waals surface area contributed by atoms with Gasteiger partial charge in [0.25, 0.3) is 0 Å². The number of aryl methyl sites for hydroxylation is 1. The summed E-state index contributed by atoms with van der Waals surface area (Å²) >= 11 is 0. The highest BCUT2D eigenvalue weighted by Crippen LogP contribution is 2.24. The van der Waals surface area contributed by atoms with Crippen LogP contribution in [0.1, 0.15) is 5.56 Å². The lowest BCUT2D eigenvalue weighted by Gasteiger charge is -2.06. The lowest BCUT2D eigenvalue weighted by molar-refractivity contribution is 1.17. The van der Waals surface area contributed by atoms with Crippen LogP contribution in [0.25, 0.3) is 22.6 Å². The Labute approximate surface area is 112 Å². The van der Waals surface area contributed by atoms with Crippen molar-refractivity contribution in [1.82, 2.24) is 15.0 Å². The molecule has 2 heterocycles. The van der Waals surface area contributed by atoms with E-state index in [-0.39, 0.29) is 0 Å². The van der Waals surface area contributed by atoms with Crippen molar-refractivity contribution in [2.75, 3.05) is 0 Å². The van der Waals surface area contributed by atoms with E-state index in [1.54, 1.807) is 18.6 Å². The minimum Gasteiger partial charge on any atom is -0.256 e. The lowest BCUT2D eigenvalue weighted by Crippen LogP contribution is -1.90. The van der Waals surface area contributed by atoms with Crippen LogP contribution in [-0.4, -0.2) is 15.0 Å². The van der Waals surface area contributed by atoms with Gasteiger partial charge in [-0.15, -0.1) is 0 Å². The molecular weight excluding hydrogens is 234 g/mol. The van der Waals surface area contributed by atoms with Crippen molar-refractivity contribution in [3.05, 3.63) is 66.6 Å². The Morgan fingerprint density at radius 1 is 0.789 bits per heavy atom. The highest BCUT2D eigenvalue weighted by atomic mass is 14.9. The SMILES string of the molecule is Cc1ccccc1-c1cc(-c2ncccn2)ccn1. The van der Waals surface area contributed by atoms with Crippen molar-refractivity contribution in [2.24, 2.45) is 0 Å². The number of aromatic nitrogens is 3. The molecule has 0 saturated heterocycles. The first-order valence-corrected chi connectivity index (χ1v) is 6.14. The number of pyridine rings is 1. The van der Waals surface area contributed by atoms with E-state index in [1.165, 1.54) is 5.56 Å². The minimum atomic E-state index is 0.722. The molecule has 3 nitrogen and oxygen atoms in total. The molecule has 0 aliphatic carbocycles. The molecule has 0 radical (unpaired) electrons. The molecule has 0 atom stereocenters. The molecule has 0 unspecified atom stereocenters. The van der Waals surface area contributed by atoms with E-state index >= 15 is 0 Å². The molecule has 0 amide bonds. The maximum Gasteiger partial charge on any atom is 0.159 e. The topological polar surface area (TPSA) is 38.7 Å². The third kappa shape index (κ3) is 2.36. The Kier molecular flexibility index (Phi) is 3.02. The molecular formula is C16H13N3. The van der Waals surface area contributed by atoms with Crippen molar-refractivity contribution >= 4 is 0 Å². The first kappa shape index (κ1) is 11.5. The van der Waals surface area contributed by atoms with E-state index in [9.17, 15) is 0 Å². The Morgan fingerprint density at radius 2 is 1.58 bits per heavy atom. The summed E-state index contributed by atoms with van der Waals surface area (Å²) in [5.41, 5.74) is 4.28. The molecule has 0 saturated carbocycles. The molecule has 1 aromatic carbocycles. The molecule has 0 bridgehead atoms.